The zero-order valence-electron chi connectivity index (χ0n) is 10.9. The highest BCUT2D eigenvalue weighted by molar-refractivity contribution is 5.60. The molecule has 0 aliphatic carbocycles. The molecule has 0 bridgehead atoms. The van der Waals surface area contributed by atoms with Gasteiger partial charge in [-0.15, -0.1) is 13.2 Å². The Hall–Kier alpha value is -2.72. The van der Waals surface area contributed by atoms with Crippen LogP contribution in [-0.4, -0.2) is 21.4 Å². The molecule has 5 nitrogen and oxygen atoms in total. The van der Waals surface area contributed by atoms with E-state index < -0.39 is 29.9 Å². The number of aromatic nitrogens is 2. The Balaban J connectivity index is 2.13. The van der Waals surface area contributed by atoms with Crippen LogP contribution in [0, 0.1) is 0 Å². The molecule has 11 heteroatoms. The van der Waals surface area contributed by atoms with Crippen LogP contribution in [0.25, 0.3) is 0 Å². The van der Waals surface area contributed by atoms with Gasteiger partial charge in [-0.3, -0.25) is 0 Å². The first kappa shape index (κ1) is 16.6. The molecule has 0 saturated carbocycles. The van der Waals surface area contributed by atoms with E-state index in [0.29, 0.717) is 6.20 Å². The lowest BCUT2D eigenvalue weighted by molar-refractivity contribution is -0.274. The first-order valence-electron chi connectivity index (χ1n) is 5.80. The molecule has 2 rings (SSSR count). The van der Waals surface area contributed by atoms with E-state index in [2.05, 4.69) is 20.0 Å². The molecule has 0 aliphatic rings. The highest BCUT2D eigenvalue weighted by Crippen LogP contribution is 2.31. The lowest BCUT2D eigenvalue weighted by Crippen LogP contribution is -2.17. The topological polar surface area (TPSA) is 67.3 Å². The largest absolute Gasteiger partial charge is 0.573 e. The van der Waals surface area contributed by atoms with E-state index in [9.17, 15) is 31.4 Å². The number of rotatable bonds is 3. The van der Waals surface area contributed by atoms with Crippen molar-refractivity contribution in [3.63, 3.8) is 0 Å². The summed E-state index contributed by atoms with van der Waals surface area (Å²) in [5, 5.41) is 11.8. The van der Waals surface area contributed by atoms with Gasteiger partial charge in [-0.05, 0) is 24.3 Å². The van der Waals surface area contributed by atoms with Crippen molar-refractivity contribution in [2.24, 2.45) is 0 Å². The van der Waals surface area contributed by atoms with Crippen LogP contribution in [0.5, 0.6) is 11.6 Å². The Morgan fingerprint density at radius 1 is 1.00 bits per heavy atom. The van der Waals surface area contributed by atoms with Crippen molar-refractivity contribution in [1.82, 2.24) is 9.97 Å². The summed E-state index contributed by atoms with van der Waals surface area (Å²) in [7, 11) is 0. The van der Waals surface area contributed by atoms with Gasteiger partial charge in [0.2, 0.25) is 0 Å². The minimum Gasteiger partial charge on any atom is -0.491 e. The third-order valence-corrected chi connectivity index (χ3v) is 2.40. The summed E-state index contributed by atoms with van der Waals surface area (Å²) >= 11 is 0. The van der Waals surface area contributed by atoms with E-state index in [4.69, 9.17) is 0 Å². The van der Waals surface area contributed by atoms with Crippen LogP contribution in [0.2, 0.25) is 0 Å². The fourth-order valence-corrected chi connectivity index (χ4v) is 1.48. The third kappa shape index (κ3) is 4.63. The number of alkyl halides is 6. The molecule has 1 heterocycles. The number of ether oxygens (including phenoxy) is 1. The van der Waals surface area contributed by atoms with Gasteiger partial charge in [-0.2, -0.15) is 13.2 Å². The van der Waals surface area contributed by atoms with E-state index in [1.165, 1.54) is 0 Å². The van der Waals surface area contributed by atoms with Gasteiger partial charge in [0, 0.05) is 5.69 Å². The number of anilines is 2. The summed E-state index contributed by atoms with van der Waals surface area (Å²) in [5.74, 6) is -1.87. The first-order chi connectivity index (χ1) is 10.5. The number of benzene rings is 1. The predicted molar refractivity (Wildman–Crippen MR) is 65.1 cm³/mol. The normalized spacial score (nSPS) is 12.1. The van der Waals surface area contributed by atoms with Gasteiger partial charge < -0.3 is 15.2 Å². The minimum atomic E-state index is -4.84. The van der Waals surface area contributed by atoms with E-state index >= 15 is 0 Å². The summed E-state index contributed by atoms with van der Waals surface area (Å²) in [6.45, 7) is 0. The van der Waals surface area contributed by atoms with Crippen LogP contribution in [0.3, 0.4) is 0 Å². The number of halogens is 6. The smallest absolute Gasteiger partial charge is 0.491 e. The summed E-state index contributed by atoms with van der Waals surface area (Å²) < 4.78 is 76.7. The van der Waals surface area contributed by atoms with Gasteiger partial charge in [-0.25, -0.2) is 9.97 Å². The lowest BCUT2D eigenvalue weighted by atomic mass is 10.3. The van der Waals surface area contributed by atoms with Crippen LogP contribution in [0.15, 0.2) is 30.5 Å². The predicted octanol–water partition coefficient (Wildman–Crippen LogP) is 3.84. The van der Waals surface area contributed by atoms with E-state index in [0.717, 1.165) is 24.3 Å². The number of nitrogens with zero attached hydrogens (tertiary/aromatic N) is 2. The molecule has 23 heavy (non-hydrogen) atoms. The second kappa shape index (κ2) is 5.82. The Labute approximate surface area is 124 Å². The monoisotopic (exact) mass is 339 g/mol. The number of aromatic hydroxyl groups is 1. The van der Waals surface area contributed by atoms with Crippen molar-refractivity contribution < 1.29 is 36.2 Å². The second-order valence-electron chi connectivity index (χ2n) is 4.12. The Kier molecular flexibility index (Phi) is 4.21. The molecule has 2 aromatic rings. The van der Waals surface area contributed by atoms with Crippen molar-refractivity contribution in [2.75, 3.05) is 5.32 Å². The minimum absolute atomic E-state index is 0.156. The maximum Gasteiger partial charge on any atom is 0.573 e. The molecule has 0 amide bonds. The zero-order valence-corrected chi connectivity index (χ0v) is 10.9. The van der Waals surface area contributed by atoms with Gasteiger partial charge in [0.25, 0.3) is 5.88 Å². The molecule has 0 radical (unpaired) electrons. The highest BCUT2D eigenvalue weighted by atomic mass is 19.4. The lowest BCUT2D eigenvalue weighted by Gasteiger charge is -2.11. The summed E-state index contributed by atoms with van der Waals surface area (Å²) in [4.78, 5) is 6.31. The van der Waals surface area contributed by atoms with Crippen molar-refractivity contribution in [1.29, 1.82) is 0 Å². The standard InChI is InChI=1S/C12H7F6N3O2/c13-11(14,15)8-5-19-9(10(22)21-8)20-6-1-3-7(4-2-6)23-12(16,17)18/h1-5H,(H,19,20)(H,21,22). The van der Waals surface area contributed by atoms with Crippen LogP contribution < -0.4 is 10.1 Å². The molecule has 0 fully saturated rings. The van der Waals surface area contributed by atoms with Gasteiger partial charge in [0.15, 0.2) is 11.5 Å². The van der Waals surface area contributed by atoms with Gasteiger partial charge in [-0.1, -0.05) is 0 Å². The van der Waals surface area contributed by atoms with Crippen LogP contribution in [-0.2, 0) is 6.18 Å². The number of hydrogen-bond acceptors (Lipinski definition) is 5. The van der Waals surface area contributed by atoms with Crippen molar-refractivity contribution in [3.8, 4) is 11.6 Å². The van der Waals surface area contributed by atoms with Crippen molar-refractivity contribution in [3.05, 3.63) is 36.2 Å². The van der Waals surface area contributed by atoms with Crippen LogP contribution in [0.1, 0.15) is 5.69 Å². The third-order valence-electron chi connectivity index (χ3n) is 2.40. The maximum absolute atomic E-state index is 12.4. The summed E-state index contributed by atoms with van der Waals surface area (Å²) in [6.07, 6.45) is -9.20. The first-order valence-corrected chi connectivity index (χ1v) is 5.80. The van der Waals surface area contributed by atoms with Gasteiger partial charge in [0.05, 0.1) is 6.20 Å². The molecule has 1 aromatic heterocycles. The summed E-state index contributed by atoms with van der Waals surface area (Å²) in [5.41, 5.74) is -1.22. The average Bonchev–Trinajstić information content (AvgIpc) is 2.40. The average molecular weight is 339 g/mol. The van der Waals surface area contributed by atoms with Gasteiger partial charge in [0.1, 0.15) is 5.75 Å². The van der Waals surface area contributed by atoms with Crippen molar-refractivity contribution >= 4 is 11.5 Å². The summed E-state index contributed by atoms with van der Waals surface area (Å²) in [6, 6.07) is 4.26. The molecule has 2 N–H and O–H groups in total. The highest BCUT2D eigenvalue weighted by Gasteiger charge is 2.34. The Bertz CT molecular complexity index is 685. The molecule has 0 aliphatic heterocycles. The van der Waals surface area contributed by atoms with E-state index in [-0.39, 0.29) is 11.5 Å². The fraction of sp³-hybridized carbons (Fsp3) is 0.167. The molecular weight excluding hydrogens is 332 g/mol. The fourth-order valence-electron chi connectivity index (χ4n) is 1.48. The van der Waals surface area contributed by atoms with E-state index in [1.807, 2.05) is 0 Å². The van der Waals surface area contributed by atoms with Crippen LogP contribution in [0.4, 0.5) is 37.8 Å². The zero-order chi connectivity index (χ0) is 17.3. The second-order valence-corrected chi connectivity index (χ2v) is 4.12. The van der Waals surface area contributed by atoms with Crippen LogP contribution >= 0.6 is 0 Å². The molecule has 1 aromatic carbocycles. The SMILES string of the molecule is Oc1nc(C(F)(F)F)cnc1Nc1ccc(OC(F)(F)F)cc1. The quantitative estimate of drug-likeness (QED) is 0.832. The van der Waals surface area contributed by atoms with E-state index in [1.54, 1.807) is 0 Å². The molecule has 124 valence electrons. The Morgan fingerprint density at radius 2 is 1.61 bits per heavy atom. The molecule has 0 atom stereocenters. The molecule has 0 unspecified atom stereocenters. The molecule has 0 saturated heterocycles. The Morgan fingerprint density at radius 3 is 2.09 bits per heavy atom. The number of hydrogen-bond donors (Lipinski definition) is 2. The number of nitrogens with one attached hydrogen (secondary N) is 1. The molecular formula is C12H7F6N3O2. The molecule has 0 spiro atoms. The van der Waals surface area contributed by atoms with Gasteiger partial charge >= 0.3 is 12.5 Å². The van der Waals surface area contributed by atoms with Crippen molar-refractivity contribution in [2.45, 2.75) is 12.5 Å². The maximum atomic E-state index is 12.4.